The van der Waals surface area contributed by atoms with Crippen LogP contribution in [0.25, 0.3) is 0 Å². The second kappa shape index (κ2) is 6.75. The molecular weight excluding hydrogens is 283 g/mol. The molecule has 0 saturated carbocycles. The third-order valence-corrected chi connectivity index (χ3v) is 4.28. The van der Waals surface area contributed by atoms with E-state index in [0.29, 0.717) is 13.0 Å². The van der Waals surface area contributed by atoms with E-state index >= 15 is 0 Å². The zero-order valence-electron chi connectivity index (χ0n) is 13.5. The largest absolute Gasteiger partial charge is 0.458 e. The number of nitrogens with two attached hydrogens (primary N) is 1. The molecule has 1 aliphatic rings. The lowest BCUT2D eigenvalue weighted by Gasteiger charge is -2.34. The van der Waals surface area contributed by atoms with Crippen LogP contribution in [0.5, 0.6) is 0 Å². The maximum absolute atomic E-state index is 13.3. The van der Waals surface area contributed by atoms with Gasteiger partial charge >= 0.3 is 5.97 Å². The van der Waals surface area contributed by atoms with Crippen LogP contribution in [-0.4, -0.2) is 31.2 Å². The highest BCUT2D eigenvalue weighted by Crippen LogP contribution is 2.33. The van der Waals surface area contributed by atoms with Crippen LogP contribution in [0.2, 0.25) is 0 Å². The zero-order chi connectivity index (χ0) is 16.3. The SMILES string of the molecule is Cc1cc(F)ccc1[C@H]1CNCC[C@@H]1C(=O)OC(C)(C)CN. The van der Waals surface area contributed by atoms with E-state index in [0.717, 1.165) is 17.7 Å². The van der Waals surface area contributed by atoms with Gasteiger partial charge in [0.15, 0.2) is 0 Å². The van der Waals surface area contributed by atoms with Gasteiger partial charge in [0.25, 0.3) is 0 Å². The Morgan fingerprint density at radius 3 is 2.86 bits per heavy atom. The molecule has 3 N–H and O–H groups in total. The average Bonchev–Trinajstić information content (AvgIpc) is 2.47. The number of halogens is 1. The summed E-state index contributed by atoms with van der Waals surface area (Å²) in [5.41, 5.74) is 6.84. The molecule has 1 aliphatic heterocycles. The molecular formula is C17H25FN2O2. The number of benzene rings is 1. The molecule has 122 valence electrons. The lowest BCUT2D eigenvalue weighted by molar-refractivity contribution is -0.162. The fourth-order valence-electron chi connectivity index (χ4n) is 2.91. The van der Waals surface area contributed by atoms with Gasteiger partial charge in [-0.2, -0.15) is 0 Å². The predicted octanol–water partition coefficient (Wildman–Crippen LogP) is 2.11. The fourth-order valence-corrected chi connectivity index (χ4v) is 2.91. The topological polar surface area (TPSA) is 64.3 Å². The van der Waals surface area contributed by atoms with Gasteiger partial charge in [0.2, 0.25) is 0 Å². The number of hydrogen-bond donors (Lipinski definition) is 2. The van der Waals surface area contributed by atoms with Crippen LogP contribution in [0.3, 0.4) is 0 Å². The van der Waals surface area contributed by atoms with E-state index in [1.165, 1.54) is 12.1 Å². The van der Waals surface area contributed by atoms with Gasteiger partial charge in [0.1, 0.15) is 11.4 Å². The van der Waals surface area contributed by atoms with E-state index in [4.69, 9.17) is 10.5 Å². The maximum atomic E-state index is 13.3. The zero-order valence-corrected chi connectivity index (χ0v) is 13.5. The number of hydrogen-bond acceptors (Lipinski definition) is 4. The number of esters is 1. The summed E-state index contributed by atoms with van der Waals surface area (Å²) in [4.78, 5) is 12.6. The number of carbonyl (C=O) groups is 1. The lowest BCUT2D eigenvalue weighted by Crippen LogP contribution is -2.44. The average molecular weight is 308 g/mol. The summed E-state index contributed by atoms with van der Waals surface area (Å²) in [5.74, 6) is -0.703. The summed E-state index contributed by atoms with van der Waals surface area (Å²) in [6.07, 6.45) is 0.709. The van der Waals surface area contributed by atoms with E-state index < -0.39 is 5.60 Å². The van der Waals surface area contributed by atoms with Gasteiger partial charge in [-0.3, -0.25) is 4.79 Å². The summed E-state index contributed by atoms with van der Waals surface area (Å²) in [5, 5.41) is 3.31. The Bertz CT molecular complexity index is 545. The summed E-state index contributed by atoms with van der Waals surface area (Å²) >= 11 is 0. The van der Waals surface area contributed by atoms with Crippen molar-refractivity contribution >= 4 is 5.97 Å². The van der Waals surface area contributed by atoms with Crippen LogP contribution in [0.15, 0.2) is 18.2 Å². The highest BCUT2D eigenvalue weighted by molar-refractivity contribution is 5.74. The van der Waals surface area contributed by atoms with Gasteiger partial charge in [-0.15, -0.1) is 0 Å². The van der Waals surface area contributed by atoms with E-state index in [9.17, 15) is 9.18 Å². The van der Waals surface area contributed by atoms with Crippen LogP contribution in [-0.2, 0) is 9.53 Å². The molecule has 5 heteroatoms. The minimum Gasteiger partial charge on any atom is -0.458 e. The second-order valence-corrected chi connectivity index (χ2v) is 6.59. The fraction of sp³-hybridized carbons (Fsp3) is 0.588. The van der Waals surface area contributed by atoms with Crippen molar-refractivity contribution in [3.8, 4) is 0 Å². The molecule has 0 aliphatic carbocycles. The van der Waals surface area contributed by atoms with Gasteiger partial charge in [-0.25, -0.2) is 4.39 Å². The first-order valence-electron chi connectivity index (χ1n) is 7.74. The van der Waals surface area contributed by atoms with Crippen molar-refractivity contribution in [1.82, 2.24) is 5.32 Å². The van der Waals surface area contributed by atoms with Gasteiger partial charge < -0.3 is 15.8 Å². The second-order valence-electron chi connectivity index (χ2n) is 6.59. The van der Waals surface area contributed by atoms with Crippen LogP contribution < -0.4 is 11.1 Å². The molecule has 0 amide bonds. The number of rotatable bonds is 4. The molecule has 2 atom stereocenters. The summed E-state index contributed by atoms with van der Waals surface area (Å²) in [6.45, 7) is 7.24. The molecule has 1 heterocycles. The first kappa shape index (κ1) is 16.9. The summed E-state index contributed by atoms with van der Waals surface area (Å²) in [6, 6.07) is 4.73. The van der Waals surface area contributed by atoms with Crippen LogP contribution in [0.4, 0.5) is 4.39 Å². The molecule has 0 aromatic heterocycles. The molecule has 4 nitrogen and oxygen atoms in total. The van der Waals surface area contributed by atoms with Crippen LogP contribution >= 0.6 is 0 Å². The molecule has 1 fully saturated rings. The predicted molar refractivity (Wildman–Crippen MR) is 84.1 cm³/mol. The maximum Gasteiger partial charge on any atom is 0.310 e. The van der Waals surface area contributed by atoms with Crippen molar-refractivity contribution in [3.63, 3.8) is 0 Å². The van der Waals surface area contributed by atoms with Crippen molar-refractivity contribution in [2.75, 3.05) is 19.6 Å². The van der Waals surface area contributed by atoms with Crippen LogP contribution in [0, 0.1) is 18.7 Å². The number of nitrogens with one attached hydrogen (secondary N) is 1. The quantitative estimate of drug-likeness (QED) is 0.836. The van der Waals surface area contributed by atoms with Gasteiger partial charge in [-0.1, -0.05) is 6.07 Å². The van der Waals surface area contributed by atoms with E-state index in [2.05, 4.69) is 5.32 Å². The third-order valence-electron chi connectivity index (χ3n) is 4.28. The summed E-state index contributed by atoms with van der Waals surface area (Å²) in [7, 11) is 0. The van der Waals surface area contributed by atoms with Gasteiger partial charge in [0, 0.05) is 19.0 Å². The molecule has 0 unspecified atom stereocenters. The van der Waals surface area contributed by atoms with E-state index in [1.807, 2.05) is 20.8 Å². The minimum atomic E-state index is -0.662. The first-order valence-corrected chi connectivity index (χ1v) is 7.74. The van der Waals surface area contributed by atoms with Crippen molar-refractivity contribution < 1.29 is 13.9 Å². The Morgan fingerprint density at radius 1 is 1.50 bits per heavy atom. The Kier molecular flexibility index (Phi) is 5.19. The lowest BCUT2D eigenvalue weighted by atomic mass is 9.79. The molecule has 0 spiro atoms. The number of carbonyl (C=O) groups excluding carboxylic acids is 1. The molecule has 0 bridgehead atoms. The molecule has 1 aromatic carbocycles. The highest BCUT2D eigenvalue weighted by Gasteiger charge is 2.36. The van der Waals surface area contributed by atoms with Crippen molar-refractivity contribution in [1.29, 1.82) is 0 Å². The van der Waals surface area contributed by atoms with Gasteiger partial charge in [0.05, 0.1) is 5.92 Å². The Balaban J connectivity index is 2.23. The Labute approximate surface area is 131 Å². The van der Waals surface area contributed by atoms with E-state index in [-0.39, 0.29) is 30.2 Å². The van der Waals surface area contributed by atoms with Crippen molar-refractivity contribution in [3.05, 3.63) is 35.1 Å². The van der Waals surface area contributed by atoms with Crippen molar-refractivity contribution in [2.45, 2.75) is 38.7 Å². The highest BCUT2D eigenvalue weighted by atomic mass is 19.1. The smallest absolute Gasteiger partial charge is 0.310 e. The normalized spacial score (nSPS) is 22.4. The molecule has 22 heavy (non-hydrogen) atoms. The monoisotopic (exact) mass is 308 g/mol. The molecule has 1 aromatic rings. The standard InChI is InChI=1S/C17H25FN2O2/c1-11-8-12(18)4-5-13(11)15-9-20-7-6-14(15)16(21)22-17(2,3)10-19/h4-5,8,14-15,20H,6-7,9-10,19H2,1-3H3/t14-,15+/m0/s1. The number of aryl methyl sites for hydroxylation is 1. The Morgan fingerprint density at radius 2 is 2.23 bits per heavy atom. The first-order chi connectivity index (χ1) is 10.3. The molecule has 0 radical (unpaired) electrons. The Hall–Kier alpha value is -1.46. The van der Waals surface area contributed by atoms with Crippen LogP contribution in [0.1, 0.15) is 37.3 Å². The number of ether oxygens (including phenoxy) is 1. The van der Waals surface area contributed by atoms with Crippen molar-refractivity contribution in [2.24, 2.45) is 11.7 Å². The van der Waals surface area contributed by atoms with Gasteiger partial charge in [-0.05, 0) is 57.0 Å². The number of piperidine rings is 1. The summed E-state index contributed by atoms with van der Waals surface area (Å²) < 4.78 is 18.9. The third kappa shape index (κ3) is 3.84. The van der Waals surface area contributed by atoms with E-state index in [1.54, 1.807) is 6.07 Å². The molecule has 1 saturated heterocycles. The molecule has 2 rings (SSSR count). The minimum absolute atomic E-state index is 0.00424.